The Morgan fingerprint density at radius 3 is 2.68 bits per heavy atom. The first kappa shape index (κ1) is 13.5. The summed E-state index contributed by atoms with van der Waals surface area (Å²) in [6, 6.07) is 12.2. The average molecular weight is 323 g/mol. The molecule has 0 unspecified atom stereocenters. The van der Waals surface area contributed by atoms with Crippen LogP contribution in [0.5, 0.6) is 0 Å². The van der Waals surface area contributed by atoms with Gasteiger partial charge in [-0.2, -0.15) is 5.10 Å². The number of benzene rings is 1. The Bertz CT molecular complexity index is 625. The highest BCUT2D eigenvalue weighted by molar-refractivity contribution is 9.10. The third-order valence-corrected chi connectivity index (χ3v) is 2.78. The van der Waals surface area contributed by atoms with Crippen LogP contribution < -0.4 is 5.56 Å². The molecule has 0 spiro atoms. The van der Waals surface area contributed by atoms with Crippen molar-refractivity contribution in [3.8, 4) is 0 Å². The van der Waals surface area contributed by atoms with E-state index in [0.717, 1.165) is 10.2 Å². The number of hydrogen-bond acceptors (Lipinski definition) is 4. The van der Waals surface area contributed by atoms with Crippen molar-refractivity contribution >= 4 is 21.9 Å². The van der Waals surface area contributed by atoms with Crippen LogP contribution in [0.2, 0.25) is 0 Å². The largest absolute Gasteiger partial charge is 0.459 e. The fourth-order valence-electron chi connectivity index (χ4n) is 1.44. The molecular weight excluding hydrogens is 312 g/mol. The van der Waals surface area contributed by atoms with E-state index in [0.29, 0.717) is 4.60 Å². The molecule has 5 nitrogen and oxygen atoms in total. The van der Waals surface area contributed by atoms with Crippen LogP contribution in [0.1, 0.15) is 5.56 Å². The highest BCUT2D eigenvalue weighted by Gasteiger charge is 2.07. The van der Waals surface area contributed by atoms with E-state index in [4.69, 9.17) is 4.74 Å². The zero-order valence-corrected chi connectivity index (χ0v) is 11.5. The lowest BCUT2D eigenvalue weighted by Gasteiger charge is -2.06. The Hall–Kier alpha value is -1.95. The number of halogens is 1. The minimum atomic E-state index is -0.503. The molecule has 1 heterocycles. The van der Waals surface area contributed by atoms with Crippen LogP contribution in [0.25, 0.3) is 0 Å². The van der Waals surface area contributed by atoms with Gasteiger partial charge in [0.2, 0.25) is 0 Å². The maximum Gasteiger partial charge on any atom is 0.328 e. The normalized spacial score (nSPS) is 10.2. The number of esters is 1. The van der Waals surface area contributed by atoms with Gasteiger partial charge in [-0.1, -0.05) is 30.3 Å². The van der Waals surface area contributed by atoms with Crippen molar-refractivity contribution in [2.24, 2.45) is 0 Å². The van der Waals surface area contributed by atoms with Crippen molar-refractivity contribution in [1.29, 1.82) is 0 Å². The third-order valence-electron chi connectivity index (χ3n) is 2.36. The number of carbonyl (C=O) groups excluding carboxylic acids is 1. The van der Waals surface area contributed by atoms with Crippen LogP contribution in [0.15, 0.2) is 51.9 Å². The molecule has 0 aliphatic carbocycles. The first-order chi connectivity index (χ1) is 9.15. The van der Waals surface area contributed by atoms with Crippen LogP contribution >= 0.6 is 15.9 Å². The summed E-state index contributed by atoms with van der Waals surface area (Å²) in [6.07, 6.45) is 0. The molecule has 0 atom stereocenters. The average Bonchev–Trinajstić information content (AvgIpc) is 2.42. The van der Waals surface area contributed by atoms with E-state index < -0.39 is 5.97 Å². The number of rotatable bonds is 4. The molecule has 0 saturated heterocycles. The van der Waals surface area contributed by atoms with Crippen LogP contribution in [-0.4, -0.2) is 15.7 Å². The van der Waals surface area contributed by atoms with Crippen LogP contribution in [0.4, 0.5) is 0 Å². The summed E-state index contributed by atoms with van der Waals surface area (Å²) >= 11 is 3.14. The molecule has 0 radical (unpaired) electrons. The van der Waals surface area contributed by atoms with Gasteiger partial charge in [0.05, 0.1) is 0 Å². The molecule has 19 heavy (non-hydrogen) atoms. The van der Waals surface area contributed by atoms with Gasteiger partial charge in [-0.05, 0) is 27.6 Å². The Kier molecular flexibility index (Phi) is 4.46. The summed E-state index contributed by atoms with van der Waals surface area (Å²) in [5.74, 6) is -0.503. The third kappa shape index (κ3) is 4.03. The monoisotopic (exact) mass is 322 g/mol. The lowest BCUT2D eigenvalue weighted by Crippen LogP contribution is -2.26. The molecule has 0 aliphatic rings. The molecule has 0 bridgehead atoms. The molecule has 0 fully saturated rings. The molecule has 98 valence electrons. The Morgan fingerprint density at radius 2 is 1.95 bits per heavy atom. The molecule has 0 N–H and O–H groups in total. The van der Waals surface area contributed by atoms with E-state index in [1.54, 1.807) is 0 Å². The number of aromatic nitrogens is 2. The van der Waals surface area contributed by atoms with Gasteiger partial charge in [0.15, 0.2) is 0 Å². The molecule has 1 aromatic carbocycles. The summed E-state index contributed by atoms with van der Waals surface area (Å²) in [4.78, 5) is 23.1. The maximum absolute atomic E-state index is 11.6. The lowest BCUT2D eigenvalue weighted by molar-refractivity contribution is -0.146. The fraction of sp³-hybridized carbons (Fsp3) is 0.154. The second-order valence-electron chi connectivity index (χ2n) is 3.80. The van der Waals surface area contributed by atoms with Crippen molar-refractivity contribution in [2.45, 2.75) is 13.2 Å². The quantitative estimate of drug-likeness (QED) is 0.804. The van der Waals surface area contributed by atoms with Crippen LogP contribution in [-0.2, 0) is 22.7 Å². The fourth-order valence-corrected chi connectivity index (χ4v) is 1.77. The molecule has 6 heteroatoms. The van der Waals surface area contributed by atoms with Gasteiger partial charge in [0.25, 0.3) is 5.56 Å². The summed E-state index contributed by atoms with van der Waals surface area (Å²) in [5, 5.41) is 3.89. The van der Waals surface area contributed by atoms with Gasteiger partial charge in [0.1, 0.15) is 17.8 Å². The predicted molar refractivity (Wildman–Crippen MR) is 72.4 cm³/mol. The number of ether oxygens (including phenoxy) is 1. The molecule has 0 amide bonds. The summed E-state index contributed by atoms with van der Waals surface area (Å²) < 4.78 is 6.61. The molecule has 2 rings (SSSR count). The zero-order valence-electron chi connectivity index (χ0n) is 9.95. The first-order valence-corrected chi connectivity index (χ1v) is 6.37. The Labute approximate surface area is 118 Å². The second kappa shape index (κ2) is 6.29. The highest BCUT2D eigenvalue weighted by atomic mass is 79.9. The Morgan fingerprint density at radius 1 is 1.21 bits per heavy atom. The van der Waals surface area contributed by atoms with Gasteiger partial charge < -0.3 is 4.74 Å². The van der Waals surface area contributed by atoms with E-state index in [-0.39, 0.29) is 18.7 Å². The van der Waals surface area contributed by atoms with E-state index in [1.807, 2.05) is 30.3 Å². The summed E-state index contributed by atoms with van der Waals surface area (Å²) in [7, 11) is 0. The van der Waals surface area contributed by atoms with Gasteiger partial charge in [-0.15, -0.1) is 0 Å². The number of nitrogens with zero attached hydrogens (tertiary/aromatic N) is 2. The van der Waals surface area contributed by atoms with E-state index in [9.17, 15) is 9.59 Å². The first-order valence-electron chi connectivity index (χ1n) is 5.58. The Balaban J connectivity index is 1.95. The van der Waals surface area contributed by atoms with E-state index >= 15 is 0 Å². The van der Waals surface area contributed by atoms with Gasteiger partial charge >= 0.3 is 5.97 Å². The number of carbonyl (C=O) groups is 1. The van der Waals surface area contributed by atoms with Crippen LogP contribution in [0, 0.1) is 0 Å². The van der Waals surface area contributed by atoms with Gasteiger partial charge in [-0.25, -0.2) is 4.68 Å². The topological polar surface area (TPSA) is 61.2 Å². The van der Waals surface area contributed by atoms with Crippen molar-refractivity contribution in [3.05, 3.63) is 63.0 Å². The minimum absolute atomic E-state index is 0.183. The molecule has 1 aromatic heterocycles. The zero-order chi connectivity index (χ0) is 13.7. The van der Waals surface area contributed by atoms with E-state index in [1.165, 1.54) is 12.1 Å². The molecule has 0 aliphatic heterocycles. The standard InChI is InChI=1S/C13H11BrN2O3/c14-11-6-7-12(17)16(15-11)8-13(18)19-9-10-4-2-1-3-5-10/h1-7H,8-9H2. The molecule has 0 saturated carbocycles. The minimum Gasteiger partial charge on any atom is -0.459 e. The van der Waals surface area contributed by atoms with Crippen molar-refractivity contribution in [2.75, 3.05) is 0 Å². The van der Waals surface area contributed by atoms with Crippen molar-refractivity contribution in [3.63, 3.8) is 0 Å². The van der Waals surface area contributed by atoms with E-state index in [2.05, 4.69) is 21.0 Å². The number of hydrogen-bond donors (Lipinski definition) is 0. The van der Waals surface area contributed by atoms with Crippen molar-refractivity contribution in [1.82, 2.24) is 9.78 Å². The smallest absolute Gasteiger partial charge is 0.328 e. The predicted octanol–water partition coefficient (Wildman–Crippen LogP) is 1.75. The molecular formula is C13H11BrN2O3. The summed E-state index contributed by atoms with van der Waals surface area (Å²) in [6.45, 7) is -0.0203. The molecule has 2 aromatic rings. The lowest BCUT2D eigenvalue weighted by atomic mass is 10.2. The van der Waals surface area contributed by atoms with Crippen molar-refractivity contribution < 1.29 is 9.53 Å². The maximum atomic E-state index is 11.6. The van der Waals surface area contributed by atoms with Gasteiger partial charge in [-0.3, -0.25) is 9.59 Å². The summed E-state index contributed by atoms with van der Waals surface area (Å²) in [5.41, 5.74) is 0.547. The highest BCUT2D eigenvalue weighted by Crippen LogP contribution is 2.02. The van der Waals surface area contributed by atoms with Gasteiger partial charge in [0, 0.05) is 6.07 Å². The SMILES string of the molecule is O=C(Cn1nc(Br)ccc1=O)OCc1ccccc1. The van der Waals surface area contributed by atoms with Crippen LogP contribution in [0.3, 0.4) is 0 Å². The second-order valence-corrected chi connectivity index (χ2v) is 4.61.